The predicted molar refractivity (Wildman–Crippen MR) is 97.0 cm³/mol. The van der Waals surface area contributed by atoms with Gasteiger partial charge < -0.3 is 4.74 Å². The summed E-state index contributed by atoms with van der Waals surface area (Å²) in [5.41, 5.74) is 0.979. The Balaban J connectivity index is 2.01. The first kappa shape index (κ1) is 17.0. The van der Waals surface area contributed by atoms with Crippen molar-refractivity contribution >= 4 is 40.3 Å². The molecule has 1 aliphatic rings. The van der Waals surface area contributed by atoms with Crippen molar-refractivity contribution in [2.75, 3.05) is 13.7 Å². The van der Waals surface area contributed by atoms with Gasteiger partial charge in [-0.05, 0) is 30.2 Å². The van der Waals surface area contributed by atoms with Crippen molar-refractivity contribution in [2.45, 2.75) is 32.6 Å². The molecule has 0 unspecified atom stereocenters. The molecule has 22 heavy (non-hydrogen) atoms. The molecule has 118 valence electrons. The zero-order valence-electron chi connectivity index (χ0n) is 13.0. The maximum atomic E-state index is 12.4. The van der Waals surface area contributed by atoms with E-state index in [1.165, 1.54) is 24.6 Å². The number of thiocarbonyl (C=S) groups is 1. The summed E-state index contributed by atoms with van der Waals surface area (Å²) in [5, 5.41) is 0. The van der Waals surface area contributed by atoms with Crippen LogP contribution in [-0.4, -0.2) is 28.8 Å². The van der Waals surface area contributed by atoms with Gasteiger partial charge >= 0.3 is 0 Å². The van der Waals surface area contributed by atoms with E-state index in [4.69, 9.17) is 17.0 Å². The number of hydrogen-bond acceptors (Lipinski definition) is 4. The minimum Gasteiger partial charge on any atom is -0.497 e. The maximum Gasteiger partial charge on any atom is 0.266 e. The number of hydrogen-bond donors (Lipinski definition) is 0. The van der Waals surface area contributed by atoms with Gasteiger partial charge in [-0.2, -0.15) is 0 Å². The molecule has 0 saturated carbocycles. The van der Waals surface area contributed by atoms with E-state index in [9.17, 15) is 4.79 Å². The first-order valence-electron chi connectivity index (χ1n) is 7.55. The lowest BCUT2D eigenvalue weighted by Gasteiger charge is -2.13. The molecule has 1 aliphatic heterocycles. The molecule has 3 nitrogen and oxygen atoms in total. The van der Waals surface area contributed by atoms with Crippen LogP contribution in [-0.2, 0) is 4.79 Å². The minimum atomic E-state index is 0.0299. The molecule has 2 rings (SSSR count). The van der Waals surface area contributed by atoms with E-state index < -0.39 is 0 Å². The zero-order valence-corrected chi connectivity index (χ0v) is 14.6. The summed E-state index contributed by atoms with van der Waals surface area (Å²) in [4.78, 5) is 14.9. The topological polar surface area (TPSA) is 29.5 Å². The van der Waals surface area contributed by atoms with Crippen LogP contribution >= 0.6 is 24.0 Å². The number of benzene rings is 1. The largest absolute Gasteiger partial charge is 0.497 e. The summed E-state index contributed by atoms with van der Waals surface area (Å²) >= 11 is 6.72. The third-order valence-corrected chi connectivity index (χ3v) is 4.90. The summed E-state index contributed by atoms with van der Waals surface area (Å²) in [5.74, 6) is 0.836. The lowest BCUT2D eigenvalue weighted by Crippen LogP contribution is -2.28. The van der Waals surface area contributed by atoms with Gasteiger partial charge in [0.1, 0.15) is 10.1 Å². The van der Waals surface area contributed by atoms with Crippen LogP contribution in [0.5, 0.6) is 5.75 Å². The third kappa shape index (κ3) is 4.34. The van der Waals surface area contributed by atoms with Crippen molar-refractivity contribution in [3.8, 4) is 5.75 Å². The van der Waals surface area contributed by atoms with E-state index in [2.05, 4.69) is 6.92 Å². The van der Waals surface area contributed by atoms with Crippen molar-refractivity contribution < 1.29 is 9.53 Å². The number of nitrogens with zero attached hydrogens (tertiary/aromatic N) is 1. The molecule has 1 aromatic rings. The number of carbonyl (C=O) groups is 1. The molecule has 1 amide bonds. The Hall–Kier alpha value is -1.33. The number of methoxy groups -OCH3 is 1. The monoisotopic (exact) mass is 335 g/mol. The van der Waals surface area contributed by atoms with Gasteiger partial charge in [-0.15, -0.1) is 0 Å². The Labute approximate surface area is 141 Å². The fourth-order valence-electron chi connectivity index (χ4n) is 2.24. The summed E-state index contributed by atoms with van der Waals surface area (Å²) in [6.45, 7) is 2.90. The maximum absolute atomic E-state index is 12.4. The molecule has 0 radical (unpaired) electrons. The Morgan fingerprint density at radius 3 is 2.59 bits per heavy atom. The highest BCUT2D eigenvalue weighted by atomic mass is 32.2. The van der Waals surface area contributed by atoms with E-state index in [0.29, 0.717) is 9.23 Å². The van der Waals surface area contributed by atoms with Crippen molar-refractivity contribution in [2.24, 2.45) is 0 Å². The molecule has 0 aliphatic carbocycles. The SMILES string of the molecule is CCCCCCN1C(=O)/C(=C\c2ccc(OC)cc2)SC1=S. The molecule has 0 atom stereocenters. The highest BCUT2D eigenvalue weighted by molar-refractivity contribution is 8.26. The van der Waals surface area contributed by atoms with E-state index in [0.717, 1.165) is 30.7 Å². The van der Waals surface area contributed by atoms with Gasteiger partial charge in [0.05, 0.1) is 12.0 Å². The summed E-state index contributed by atoms with van der Waals surface area (Å²) in [6, 6.07) is 7.65. The molecular weight excluding hydrogens is 314 g/mol. The number of thioether (sulfide) groups is 1. The van der Waals surface area contributed by atoms with Crippen LogP contribution in [0.1, 0.15) is 38.2 Å². The van der Waals surface area contributed by atoms with Crippen LogP contribution in [0.4, 0.5) is 0 Å². The smallest absolute Gasteiger partial charge is 0.266 e. The Morgan fingerprint density at radius 1 is 1.23 bits per heavy atom. The molecule has 0 spiro atoms. The lowest BCUT2D eigenvalue weighted by atomic mass is 10.2. The predicted octanol–water partition coefficient (Wildman–Crippen LogP) is 4.48. The van der Waals surface area contributed by atoms with Crippen molar-refractivity contribution in [1.29, 1.82) is 0 Å². The summed E-state index contributed by atoms with van der Waals surface area (Å²) < 4.78 is 5.80. The average Bonchev–Trinajstić information content (AvgIpc) is 2.79. The first-order valence-corrected chi connectivity index (χ1v) is 8.77. The molecule has 1 fully saturated rings. The molecule has 0 N–H and O–H groups in total. The number of ether oxygens (including phenoxy) is 1. The first-order chi connectivity index (χ1) is 10.7. The van der Waals surface area contributed by atoms with E-state index in [1.807, 2.05) is 30.3 Å². The second kappa shape index (κ2) is 8.34. The van der Waals surface area contributed by atoms with Crippen LogP contribution in [0.2, 0.25) is 0 Å². The standard InChI is InChI=1S/C17H21NO2S2/c1-3-4-5-6-11-18-16(19)15(22-17(18)21)12-13-7-9-14(20-2)10-8-13/h7-10,12H,3-6,11H2,1-2H3/b15-12+. The van der Waals surface area contributed by atoms with Gasteiger partial charge in [0.25, 0.3) is 5.91 Å². The quantitative estimate of drug-likeness (QED) is 0.417. The van der Waals surface area contributed by atoms with Crippen LogP contribution in [0.15, 0.2) is 29.2 Å². The number of carbonyl (C=O) groups excluding carboxylic acids is 1. The number of amides is 1. The Kier molecular flexibility index (Phi) is 6.46. The van der Waals surface area contributed by atoms with E-state index >= 15 is 0 Å². The Bertz CT molecular complexity index is 567. The zero-order chi connectivity index (χ0) is 15.9. The summed E-state index contributed by atoms with van der Waals surface area (Å²) in [7, 11) is 1.64. The van der Waals surface area contributed by atoms with E-state index in [1.54, 1.807) is 12.0 Å². The van der Waals surface area contributed by atoms with Crippen molar-refractivity contribution in [1.82, 2.24) is 4.90 Å². The van der Waals surface area contributed by atoms with Crippen LogP contribution in [0.3, 0.4) is 0 Å². The van der Waals surface area contributed by atoms with Crippen LogP contribution in [0, 0.1) is 0 Å². The number of rotatable bonds is 7. The second-order valence-corrected chi connectivity index (χ2v) is 6.84. The van der Waals surface area contributed by atoms with Gasteiger partial charge in [-0.1, -0.05) is 62.3 Å². The molecule has 0 aromatic heterocycles. The third-order valence-electron chi connectivity index (χ3n) is 3.52. The Morgan fingerprint density at radius 2 is 1.95 bits per heavy atom. The van der Waals surface area contributed by atoms with Gasteiger partial charge in [0, 0.05) is 6.54 Å². The lowest BCUT2D eigenvalue weighted by molar-refractivity contribution is -0.122. The van der Waals surface area contributed by atoms with E-state index in [-0.39, 0.29) is 5.91 Å². The van der Waals surface area contributed by atoms with Gasteiger partial charge in [-0.25, -0.2) is 0 Å². The molecule has 1 heterocycles. The van der Waals surface area contributed by atoms with Crippen LogP contribution in [0.25, 0.3) is 6.08 Å². The molecule has 5 heteroatoms. The molecule has 1 aromatic carbocycles. The normalized spacial score (nSPS) is 16.6. The minimum absolute atomic E-state index is 0.0299. The second-order valence-electron chi connectivity index (χ2n) is 5.17. The van der Waals surface area contributed by atoms with Crippen molar-refractivity contribution in [3.05, 3.63) is 34.7 Å². The molecular formula is C17H21NO2S2. The highest BCUT2D eigenvalue weighted by Crippen LogP contribution is 2.33. The molecule has 1 saturated heterocycles. The van der Waals surface area contributed by atoms with Crippen LogP contribution < -0.4 is 4.74 Å². The summed E-state index contributed by atoms with van der Waals surface area (Å²) in [6.07, 6.45) is 6.44. The fourth-order valence-corrected chi connectivity index (χ4v) is 3.55. The van der Waals surface area contributed by atoms with Gasteiger partial charge in [-0.3, -0.25) is 9.69 Å². The fraction of sp³-hybridized carbons (Fsp3) is 0.412. The molecule has 0 bridgehead atoms. The van der Waals surface area contributed by atoms with Gasteiger partial charge in [0.2, 0.25) is 0 Å². The number of unbranched alkanes of at least 4 members (excludes halogenated alkanes) is 3. The van der Waals surface area contributed by atoms with Crippen molar-refractivity contribution in [3.63, 3.8) is 0 Å². The highest BCUT2D eigenvalue weighted by Gasteiger charge is 2.31. The van der Waals surface area contributed by atoms with Gasteiger partial charge in [0.15, 0.2) is 0 Å². The average molecular weight is 335 g/mol.